The Morgan fingerprint density at radius 1 is 1.47 bits per heavy atom. The lowest BCUT2D eigenvalue weighted by molar-refractivity contribution is 0.548. The van der Waals surface area contributed by atoms with Crippen molar-refractivity contribution in [1.82, 2.24) is 15.2 Å². The quantitative estimate of drug-likeness (QED) is 0.479. The van der Waals surface area contributed by atoms with Crippen molar-refractivity contribution in [3.8, 4) is 0 Å². The first-order chi connectivity index (χ1) is 9.04. The van der Waals surface area contributed by atoms with Crippen LogP contribution in [0.1, 0.15) is 22.9 Å². The number of rotatable bonds is 4. The van der Waals surface area contributed by atoms with Crippen LogP contribution < -0.4 is 11.3 Å². The third-order valence-electron chi connectivity index (χ3n) is 3.16. The molecule has 0 spiro atoms. The maximum atomic E-state index is 6.27. The van der Waals surface area contributed by atoms with E-state index < -0.39 is 0 Å². The first-order valence-corrected chi connectivity index (χ1v) is 7.38. The summed E-state index contributed by atoms with van der Waals surface area (Å²) in [6.45, 7) is 1.96. The molecular weight excluding hydrogens is 375 g/mol. The largest absolute Gasteiger partial charge is 0.271 e. The Labute approximate surface area is 131 Å². The van der Waals surface area contributed by atoms with Crippen molar-refractivity contribution < 1.29 is 0 Å². The van der Waals surface area contributed by atoms with Gasteiger partial charge in [0.1, 0.15) is 5.15 Å². The van der Waals surface area contributed by atoms with Gasteiger partial charge in [-0.1, -0.05) is 29.8 Å². The van der Waals surface area contributed by atoms with E-state index in [9.17, 15) is 0 Å². The molecule has 0 bridgehead atoms. The number of hydrogen-bond donors (Lipinski definition) is 2. The van der Waals surface area contributed by atoms with Crippen LogP contribution in [0.3, 0.4) is 0 Å². The number of nitrogens with zero attached hydrogens (tertiary/aromatic N) is 2. The first-order valence-electron chi connectivity index (χ1n) is 5.93. The minimum atomic E-state index is 0.0218. The molecule has 0 fully saturated rings. The molecule has 0 saturated heterocycles. The average molecular weight is 391 g/mol. The summed E-state index contributed by atoms with van der Waals surface area (Å²) < 4.78 is 2.87. The third kappa shape index (κ3) is 3.10. The highest BCUT2D eigenvalue weighted by Crippen LogP contribution is 2.27. The molecule has 0 radical (unpaired) electrons. The number of nitrogens with two attached hydrogens (primary N) is 1. The van der Waals surface area contributed by atoms with Crippen molar-refractivity contribution in [2.24, 2.45) is 12.9 Å². The first kappa shape index (κ1) is 14.8. The molecule has 0 aliphatic heterocycles. The van der Waals surface area contributed by atoms with Crippen LogP contribution in [0.15, 0.2) is 24.3 Å². The highest BCUT2D eigenvalue weighted by atomic mass is 127. The standard InChI is InChI=1S/C13H16ClIN4/c1-8-10(13(14)19(2)18-8)7-12(17-16)9-5-3-4-6-11(9)15/h3-6,12,17H,7,16H2,1-2H3. The van der Waals surface area contributed by atoms with Crippen LogP contribution in [-0.4, -0.2) is 9.78 Å². The number of benzene rings is 1. The van der Waals surface area contributed by atoms with Crippen LogP contribution in [0, 0.1) is 10.5 Å². The summed E-state index contributed by atoms with van der Waals surface area (Å²) in [5.74, 6) is 5.70. The summed E-state index contributed by atoms with van der Waals surface area (Å²) in [7, 11) is 1.84. The van der Waals surface area contributed by atoms with Crippen molar-refractivity contribution in [2.45, 2.75) is 19.4 Å². The molecule has 1 unspecified atom stereocenters. The van der Waals surface area contributed by atoms with Gasteiger partial charge < -0.3 is 0 Å². The van der Waals surface area contributed by atoms with Crippen molar-refractivity contribution in [2.75, 3.05) is 0 Å². The molecule has 1 atom stereocenters. The second kappa shape index (κ2) is 6.21. The Morgan fingerprint density at radius 3 is 2.68 bits per heavy atom. The SMILES string of the molecule is Cc1nn(C)c(Cl)c1CC(NN)c1ccccc1I. The van der Waals surface area contributed by atoms with Crippen LogP contribution >= 0.6 is 34.2 Å². The topological polar surface area (TPSA) is 55.9 Å². The van der Waals surface area contributed by atoms with E-state index in [4.69, 9.17) is 17.4 Å². The lowest BCUT2D eigenvalue weighted by atomic mass is 10.00. The van der Waals surface area contributed by atoms with Crippen LogP contribution in [0.5, 0.6) is 0 Å². The summed E-state index contributed by atoms with van der Waals surface area (Å²) in [6.07, 6.45) is 0.717. The van der Waals surface area contributed by atoms with E-state index in [2.05, 4.69) is 45.2 Å². The van der Waals surface area contributed by atoms with E-state index in [0.717, 1.165) is 17.7 Å². The molecule has 102 valence electrons. The molecule has 6 heteroatoms. The van der Waals surface area contributed by atoms with Gasteiger partial charge in [-0.05, 0) is 47.6 Å². The van der Waals surface area contributed by atoms with Crippen molar-refractivity contribution >= 4 is 34.2 Å². The second-order valence-electron chi connectivity index (χ2n) is 4.42. The Morgan fingerprint density at radius 2 is 2.16 bits per heavy atom. The fourth-order valence-electron chi connectivity index (χ4n) is 2.13. The summed E-state index contributed by atoms with van der Waals surface area (Å²) in [5, 5.41) is 5.00. The highest BCUT2D eigenvalue weighted by molar-refractivity contribution is 14.1. The molecule has 0 aliphatic carbocycles. The zero-order chi connectivity index (χ0) is 14.0. The molecule has 3 N–H and O–H groups in total. The molecule has 1 aromatic heterocycles. The van der Waals surface area contributed by atoms with Crippen LogP contribution in [-0.2, 0) is 13.5 Å². The molecule has 1 aromatic carbocycles. The van der Waals surface area contributed by atoms with E-state index in [0.29, 0.717) is 5.15 Å². The fraction of sp³-hybridized carbons (Fsp3) is 0.308. The van der Waals surface area contributed by atoms with Gasteiger partial charge in [0.25, 0.3) is 0 Å². The van der Waals surface area contributed by atoms with Crippen LogP contribution in [0.25, 0.3) is 0 Å². The molecule has 0 amide bonds. The van der Waals surface area contributed by atoms with E-state index in [1.165, 1.54) is 9.13 Å². The Hall–Kier alpha value is -0.630. The molecule has 1 heterocycles. The monoisotopic (exact) mass is 390 g/mol. The average Bonchev–Trinajstić information content (AvgIpc) is 2.63. The highest BCUT2D eigenvalue weighted by Gasteiger charge is 2.19. The van der Waals surface area contributed by atoms with E-state index >= 15 is 0 Å². The van der Waals surface area contributed by atoms with Gasteiger partial charge in [-0.2, -0.15) is 5.10 Å². The molecular formula is C13H16ClIN4. The Kier molecular flexibility index (Phi) is 4.83. The van der Waals surface area contributed by atoms with Gasteiger partial charge in [0, 0.05) is 16.2 Å². The third-order valence-corrected chi connectivity index (χ3v) is 4.62. The summed E-state index contributed by atoms with van der Waals surface area (Å²) in [5.41, 5.74) is 6.02. The molecule has 19 heavy (non-hydrogen) atoms. The van der Waals surface area contributed by atoms with E-state index in [-0.39, 0.29) is 6.04 Å². The number of aryl methyl sites for hydroxylation is 2. The summed E-state index contributed by atoms with van der Waals surface area (Å²) >= 11 is 8.59. The normalized spacial score (nSPS) is 12.7. The van der Waals surface area contributed by atoms with Gasteiger partial charge in [-0.25, -0.2) is 0 Å². The molecule has 4 nitrogen and oxygen atoms in total. The molecule has 0 saturated carbocycles. The fourth-order valence-corrected chi connectivity index (χ4v) is 3.14. The van der Waals surface area contributed by atoms with E-state index in [1.54, 1.807) is 4.68 Å². The molecule has 2 aromatic rings. The number of aromatic nitrogens is 2. The Balaban J connectivity index is 2.32. The van der Waals surface area contributed by atoms with Gasteiger partial charge in [0.15, 0.2) is 0 Å². The summed E-state index contributed by atoms with van der Waals surface area (Å²) in [4.78, 5) is 0. The maximum absolute atomic E-state index is 6.27. The van der Waals surface area contributed by atoms with Gasteiger partial charge in [-0.15, -0.1) is 0 Å². The second-order valence-corrected chi connectivity index (χ2v) is 5.94. The lowest BCUT2D eigenvalue weighted by Gasteiger charge is -2.17. The van der Waals surface area contributed by atoms with Crippen LogP contribution in [0.4, 0.5) is 0 Å². The van der Waals surface area contributed by atoms with Gasteiger partial charge in [0.05, 0.1) is 11.7 Å². The Bertz CT molecular complexity index is 582. The van der Waals surface area contributed by atoms with E-state index in [1.807, 2.05) is 26.1 Å². The number of hydrazine groups is 1. The number of halogens is 2. The predicted molar refractivity (Wildman–Crippen MR) is 85.9 cm³/mol. The maximum Gasteiger partial charge on any atom is 0.130 e. The minimum absolute atomic E-state index is 0.0218. The minimum Gasteiger partial charge on any atom is -0.271 e. The zero-order valence-electron chi connectivity index (χ0n) is 10.8. The zero-order valence-corrected chi connectivity index (χ0v) is 13.7. The van der Waals surface area contributed by atoms with Crippen molar-refractivity contribution in [1.29, 1.82) is 0 Å². The smallest absolute Gasteiger partial charge is 0.130 e. The van der Waals surface area contributed by atoms with Gasteiger partial charge >= 0.3 is 0 Å². The van der Waals surface area contributed by atoms with Crippen molar-refractivity contribution in [3.05, 3.63) is 49.8 Å². The van der Waals surface area contributed by atoms with Gasteiger partial charge in [-0.3, -0.25) is 16.0 Å². The van der Waals surface area contributed by atoms with Crippen molar-refractivity contribution in [3.63, 3.8) is 0 Å². The number of nitrogens with one attached hydrogen (secondary N) is 1. The van der Waals surface area contributed by atoms with Gasteiger partial charge in [0.2, 0.25) is 0 Å². The van der Waals surface area contributed by atoms with Crippen LogP contribution in [0.2, 0.25) is 5.15 Å². The summed E-state index contributed by atoms with van der Waals surface area (Å²) in [6, 6.07) is 8.19. The molecule has 2 rings (SSSR count). The predicted octanol–water partition coefficient (Wildman–Crippen LogP) is 2.73. The lowest BCUT2D eigenvalue weighted by Crippen LogP contribution is -2.30. The molecule has 0 aliphatic rings. The number of hydrogen-bond acceptors (Lipinski definition) is 3.